The molecular formula is C9H6Cl2N4O. The van der Waals surface area contributed by atoms with E-state index in [1.807, 2.05) is 0 Å². The summed E-state index contributed by atoms with van der Waals surface area (Å²) in [6.07, 6.45) is 1.57. The zero-order valence-electron chi connectivity index (χ0n) is 8.19. The lowest BCUT2D eigenvalue weighted by molar-refractivity contribution is 0.398. The van der Waals surface area contributed by atoms with E-state index < -0.39 is 0 Å². The second-order valence-electron chi connectivity index (χ2n) is 2.79. The number of hydrogen-bond donors (Lipinski definition) is 0. The van der Waals surface area contributed by atoms with Crippen molar-refractivity contribution in [3.8, 4) is 17.3 Å². The van der Waals surface area contributed by atoms with Crippen molar-refractivity contribution >= 4 is 23.2 Å². The van der Waals surface area contributed by atoms with Gasteiger partial charge in [0, 0.05) is 17.8 Å². The topological polar surface area (TPSA) is 60.8 Å². The Labute approximate surface area is 101 Å². The number of nitrogens with zero attached hydrogens (tertiary/aromatic N) is 4. The molecule has 2 rings (SSSR count). The highest BCUT2D eigenvalue weighted by Gasteiger charge is 2.06. The lowest BCUT2D eigenvalue weighted by Crippen LogP contribution is -1.94. The fourth-order valence-electron chi connectivity index (χ4n) is 1.09. The zero-order chi connectivity index (χ0) is 11.5. The highest BCUT2D eigenvalue weighted by atomic mass is 35.5. The van der Waals surface area contributed by atoms with Crippen LogP contribution in [0.15, 0.2) is 18.3 Å². The molecule has 82 valence electrons. The van der Waals surface area contributed by atoms with Crippen molar-refractivity contribution in [2.75, 3.05) is 7.11 Å². The van der Waals surface area contributed by atoms with Crippen molar-refractivity contribution in [1.29, 1.82) is 0 Å². The average Bonchev–Trinajstić information content (AvgIpc) is 2.28. The summed E-state index contributed by atoms with van der Waals surface area (Å²) in [7, 11) is 1.54. The Morgan fingerprint density at radius 3 is 2.25 bits per heavy atom. The van der Waals surface area contributed by atoms with Crippen molar-refractivity contribution in [2.24, 2.45) is 0 Å². The molecule has 0 radical (unpaired) electrons. The third-order valence-corrected chi connectivity index (χ3v) is 2.12. The molecule has 0 atom stereocenters. The van der Waals surface area contributed by atoms with E-state index in [0.717, 1.165) is 0 Å². The van der Waals surface area contributed by atoms with Gasteiger partial charge in [0.2, 0.25) is 16.4 Å². The van der Waals surface area contributed by atoms with Gasteiger partial charge in [0.05, 0.1) is 7.11 Å². The van der Waals surface area contributed by atoms with Crippen LogP contribution in [0.5, 0.6) is 5.88 Å². The van der Waals surface area contributed by atoms with Crippen LogP contribution in [0.25, 0.3) is 11.4 Å². The highest BCUT2D eigenvalue weighted by Crippen LogP contribution is 2.18. The van der Waals surface area contributed by atoms with E-state index in [0.29, 0.717) is 17.3 Å². The Bertz CT molecular complexity index is 483. The molecule has 2 heterocycles. The molecule has 0 amide bonds. The number of hydrogen-bond acceptors (Lipinski definition) is 5. The summed E-state index contributed by atoms with van der Waals surface area (Å²) in [4.78, 5) is 15.6. The summed E-state index contributed by atoms with van der Waals surface area (Å²) in [5.74, 6) is 0.884. The Hall–Kier alpha value is -1.46. The van der Waals surface area contributed by atoms with E-state index in [-0.39, 0.29) is 10.6 Å². The van der Waals surface area contributed by atoms with Crippen LogP contribution < -0.4 is 4.74 Å². The van der Waals surface area contributed by atoms with Gasteiger partial charge in [-0.3, -0.25) is 0 Å². The van der Waals surface area contributed by atoms with E-state index in [9.17, 15) is 0 Å². The number of pyridine rings is 1. The van der Waals surface area contributed by atoms with Gasteiger partial charge < -0.3 is 4.74 Å². The largest absolute Gasteiger partial charge is 0.481 e. The lowest BCUT2D eigenvalue weighted by atomic mass is 10.3. The Morgan fingerprint density at radius 1 is 1.06 bits per heavy atom. The molecule has 0 bridgehead atoms. The summed E-state index contributed by atoms with van der Waals surface area (Å²) in [6, 6.07) is 3.45. The van der Waals surface area contributed by atoms with Crippen LogP contribution in [0.4, 0.5) is 0 Å². The molecule has 0 spiro atoms. The zero-order valence-corrected chi connectivity index (χ0v) is 9.70. The third-order valence-electron chi connectivity index (χ3n) is 1.78. The van der Waals surface area contributed by atoms with Crippen LogP contribution in [0.3, 0.4) is 0 Å². The van der Waals surface area contributed by atoms with Crippen molar-refractivity contribution in [3.63, 3.8) is 0 Å². The number of rotatable bonds is 2. The summed E-state index contributed by atoms with van der Waals surface area (Å²) >= 11 is 11.3. The molecule has 16 heavy (non-hydrogen) atoms. The van der Waals surface area contributed by atoms with E-state index in [2.05, 4.69) is 19.9 Å². The number of halogens is 2. The van der Waals surface area contributed by atoms with Gasteiger partial charge in [-0.25, -0.2) is 4.98 Å². The maximum Gasteiger partial charge on any atom is 0.227 e. The molecule has 0 aliphatic carbocycles. The summed E-state index contributed by atoms with van der Waals surface area (Å²) in [6.45, 7) is 0. The highest BCUT2D eigenvalue weighted by molar-refractivity contribution is 6.31. The van der Waals surface area contributed by atoms with E-state index in [1.54, 1.807) is 25.4 Å². The second-order valence-corrected chi connectivity index (χ2v) is 3.46. The van der Waals surface area contributed by atoms with Crippen LogP contribution in [0.1, 0.15) is 0 Å². The number of methoxy groups -OCH3 is 1. The van der Waals surface area contributed by atoms with Gasteiger partial charge in [-0.2, -0.15) is 15.0 Å². The molecule has 0 unspecified atom stereocenters. The lowest BCUT2D eigenvalue weighted by Gasteiger charge is -2.01. The standard InChI is InChI=1S/C9H6Cl2N4O/c1-16-6-3-2-5(4-12-6)7-13-8(10)15-9(11)14-7/h2-4H,1H3. The molecule has 0 saturated carbocycles. The normalized spacial score (nSPS) is 10.2. The molecule has 0 aliphatic rings. The fraction of sp³-hybridized carbons (Fsp3) is 0.111. The molecular weight excluding hydrogens is 251 g/mol. The third kappa shape index (κ3) is 2.37. The Kier molecular flexibility index (Phi) is 3.17. The second kappa shape index (κ2) is 4.59. The first-order valence-electron chi connectivity index (χ1n) is 4.26. The Morgan fingerprint density at radius 2 is 1.75 bits per heavy atom. The maximum atomic E-state index is 5.67. The van der Waals surface area contributed by atoms with Gasteiger partial charge in [0.15, 0.2) is 5.82 Å². The quantitative estimate of drug-likeness (QED) is 0.825. The maximum absolute atomic E-state index is 5.67. The van der Waals surface area contributed by atoms with Gasteiger partial charge in [-0.1, -0.05) is 0 Å². The fourth-order valence-corrected chi connectivity index (χ4v) is 1.45. The van der Waals surface area contributed by atoms with Crippen molar-refractivity contribution in [3.05, 3.63) is 28.9 Å². The van der Waals surface area contributed by atoms with Gasteiger partial charge in [-0.05, 0) is 29.3 Å². The predicted molar refractivity (Wildman–Crippen MR) is 59.6 cm³/mol. The molecule has 0 N–H and O–H groups in total. The van der Waals surface area contributed by atoms with Crippen LogP contribution in [-0.4, -0.2) is 27.0 Å². The van der Waals surface area contributed by atoms with E-state index in [4.69, 9.17) is 27.9 Å². The number of aromatic nitrogens is 4. The minimum Gasteiger partial charge on any atom is -0.481 e. The minimum absolute atomic E-state index is 0.0471. The van der Waals surface area contributed by atoms with Gasteiger partial charge in [0.1, 0.15) is 0 Å². The molecule has 0 saturated heterocycles. The van der Waals surface area contributed by atoms with Crippen LogP contribution in [0.2, 0.25) is 10.6 Å². The molecule has 2 aromatic heterocycles. The summed E-state index contributed by atoms with van der Waals surface area (Å²) in [5.41, 5.74) is 0.687. The summed E-state index contributed by atoms with van der Waals surface area (Å²) in [5, 5.41) is 0.0941. The molecule has 5 nitrogen and oxygen atoms in total. The molecule has 2 aromatic rings. The molecule has 0 aliphatic heterocycles. The predicted octanol–water partition coefficient (Wildman–Crippen LogP) is 2.25. The van der Waals surface area contributed by atoms with Crippen LogP contribution >= 0.6 is 23.2 Å². The monoisotopic (exact) mass is 256 g/mol. The molecule has 0 aromatic carbocycles. The van der Waals surface area contributed by atoms with Gasteiger partial charge >= 0.3 is 0 Å². The van der Waals surface area contributed by atoms with Gasteiger partial charge in [0.25, 0.3) is 0 Å². The van der Waals surface area contributed by atoms with Crippen LogP contribution in [-0.2, 0) is 0 Å². The van der Waals surface area contributed by atoms with Crippen molar-refractivity contribution < 1.29 is 4.74 Å². The van der Waals surface area contributed by atoms with Crippen LogP contribution in [0, 0.1) is 0 Å². The first-order valence-corrected chi connectivity index (χ1v) is 5.02. The number of ether oxygens (including phenoxy) is 1. The molecule has 7 heteroatoms. The van der Waals surface area contributed by atoms with E-state index >= 15 is 0 Å². The Balaban J connectivity index is 2.42. The first kappa shape index (κ1) is 11.0. The van der Waals surface area contributed by atoms with Crippen molar-refractivity contribution in [1.82, 2.24) is 19.9 Å². The minimum atomic E-state index is 0.0471. The average molecular weight is 257 g/mol. The van der Waals surface area contributed by atoms with Crippen molar-refractivity contribution in [2.45, 2.75) is 0 Å². The molecule has 0 fully saturated rings. The first-order chi connectivity index (χ1) is 7.69. The van der Waals surface area contributed by atoms with Gasteiger partial charge in [-0.15, -0.1) is 0 Å². The smallest absolute Gasteiger partial charge is 0.227 e. The van der Waals surface area contributed by atoms with E-state index in [1.165, 1.54) is 0 Å². The SMILES string of the molecule is COc1ccc(-c2nc(Cl)nc(Cl)n2)cn1. The summed E-state index contributed by atoms with van der Waals surface area (Å²) < 4.78 is 4.94.